The minimum atomic E-state index is -0.636. The first kappa shape index (κ1) is 25.5. The first-order valence-electron chi connectivity index (χ1n) is 10.8. The van der Waals surface area contributed by atoms with Crippen LogP contribution in [0.3, 0.4) is 0 Å². The quantitative estimate of drug-likeness (QED) is 0.155. The van der Waals surface area contributed by atoms with Gasteiger partial charge >= 0.3 is 0 Å². The first-order chi connectivity index (χ1) is 17.0. The minimum Gasteiger partial charge on any atom is -0.504 e. The Morgan fingerprint density at radius 3 is 2.43 bits per heavy atom. The van der Waals surface area contributed by atoms with E-state index in [1.54, 1.807) is 61.5 Å². The van der Waals surface area contributed by atoms with Crippen LogP contribution in [0, 0.1) is 0 Å². The molecular formula is C27H24BrN3O4. The number of phenols is 1. The fourth-order valence-electron chi connectivity index (χ4n) is 2.96. The maximum Gasteiger partial charge on any atom is 0.287 e. The molecule has 0 radical (unpaired) electrons. The number of carbonyl (C=O) groups excluding carboxylic acids is 2. The average molecular weight is 534 g/mol. The number of carbonyl (C=O) groups is 2. The molecule has 0 aliphatic heterocycles. The lowest BCUT2D eigenvalue weighted by atomic mass is 10.2. The molecule has 0 saturated heterocycles. The van der Waals surface area contributed by atoms with Crippen LogP contribution in [0.25, 0.3) is 6.08 Å². The molecule has 0 aromatic heterocycles. The Bertz CT molecular complexity index is 1260. The first-order valence-corrected chi connectivity index (χ1v) is 11.6. The van der Waals surface area contributed by atoms with Crippen LogP contribution in [0.1, 0.15) is 28.4 Å². The summed E-state index contributed by atoms with van der Waals surface area (Å²) in [5.74, 6) is -0.888. The molecule has 0 atom stereocenters. The summed E-state index contributed by atoms with van der Waals surface area (Å²) in [5.41, 5.74) is 4.06. The number of hydrogen-bond acceptors (Lipinski definition) is 5. The standard InChI is InChI=1S/C27H24BrN3O4/c1-2-35-24-17-22(28)16-21(25(24)32)18-29-31-27(34)23(15-9-12-19-10-5-3-6-11-19)30-26(33)20-13-7-4-8-14-20/h3-18,32H,2H2,1H3,(H,30,33)(H,31,34)/b12-9?,23-15?,29-18+. The van der Waals surface area contributed by atoms with Gasteiger partial charge in [0.2, 0.25) is 0 Å². The third-order valence-corrected chi connectivity index (χ3v) is 5.08. The van der Waals surface area contributed by atoms with Gasteiger partial charge in [0.15, 0.2) is 11.5 Å². The van der Waals surface area contributed by atoms with Crippen LogP contribution in [0.5, 0.6) is 11.5 Å². The van der Waals surface area contributed by atoms with E-state index in [0.717, 1.165) is 5.56 Å². The number of nitrogens with zero attached hydrogens (tertiary/aromatic N) is 1. The Hall–Kier alpha value is -4.17. The van der Waals surface area contributed by atoms with Crippen molar-refractivity contribution in [3.8, 4) is 11.5 Å². The molecule has 7 nitrogen and oxygen atoms in total. The molecule has 0 aliphatic rings. The second-order valence-electron chi connectivity index (χ2n) is 7.14. The summed E-state index contributed by atoms with van der Waals surface area (Å²) in [7, 11) is 0. The van der Waals surface area contributed by atoms with Gasteiger partial charge in [-0.15, -0.1) is 0 Å². The summed E-state index contributed by atoms with van der Waals surface area (Å²) in [6.07, 6.45) is 6.24. The normalized spacial score (nSPS) is 11.5. The summed E-state index contributed by atoms with van der Waals surface area (Å²) in [5, 5.41) is 16.9. The van der Waals surface area contributed by atoms with Gasteiger partial charge in [-0.3, -0.25) is 9.59 Å². The topological polar surface area (TPSA) is 100 Å². The van der Waals surface area contributed by atoms with Crippen molar-refractivity contribution in [1.82, 2.24) is 10.7 Å². The number of rotatable bonds is 9. The summed E-state index contributed by atoms with van der Waals surface area (Å²) in [6.45, 7) is 2.18. The summed E-state index contributed by atoms with van der Waals surface area (Å²) >= 11 is 3.35. The van der Waals surface area contributed by atoms with Gasteiger partial charge < -0.3 is 15.2 Å². The van der Waals surface area contributed by atoms with E-state index in [4.69, 9.17) is 4.74 Å². The molecule has 3 N–H and O–H groups in total. The highest BCUT2D eigenvalue weighted by Gasteiger charge is 2.14. The summed E-state index contributed by atoms with van der Waals surface area (Å²) in [6, 6.07) is 21.4. The van der Waals surface area contributed by atoms with Crippen LogP contribution in [-0.2, 0) is 4.79 Å². The van der Waals surface area contributed by atoms with E-state index in [1.807, 2.05) is 30.3 Å². The van der Waals surface area contributed by atoms with Crippen molar-refractivity contribution in [2.24, 2.45) is 5.10 Å². The Morgan fingerprint density at radius 1 is 1.06 bits per heavy atom. The van der Waals surface area contributed by atoms with Crippen LogP contribution < -0.4 is 15.5 Å². The second-order valence-corrected chi connectivity index (χ2v) is 8.06. The van der Waals surface area contributed by atoms with E-state index >= 15 is 0 Å². The fraction of sp³-hybridized carbons (Fsp3) is 0.0741. The SMILES string of the molecule is CCOc1cc(Br)cc(/C=N/NC(=O)C(=CC=Cc2ccccc2)NC(=O)c2ccccc2)c1O. The molecule has 35 heavy (non-hydrogen) atoms. The highest BCUT2D eigenvalue weighted by atomic mass is 79.9. The molecule has 3 rings (SSSR count). The van der Waals surface area contributed by atoms with Crippen molar-refractivity contribution < 1.29 is 19.4 Å². The van der Waals surface area contributed by atoms with E-state index in [0.29, 0.717) is 22.2 Å². The Labute approximate surface area is 212 Å². The van der Waals surface area contributed by atoms with E-state index in [-0.39, 0.29) is 17.2 Å². The van der Waals surface area contributed by atoms with Crippen molar-refractivity contribution in [3.63, 3.8) is 0 Å². The summed E-state index contributed by atoms with van der Waals surface area (Å²) in [4.78, 5) is 25.4. The molecule has 0 spiro atoms. The van der Waals surface area contributed by atoms with Gasteiger partial charge in [-0.1, -0.05) is 76.6 Å². The lowest BCUT2D eigenvalue weighted by Gasteiger charge is -2.09. The number of nitrogens with one attached hydrogen (secondary N) is 2. The Balaban J connectivity index is 1.79. The van der Waals surface area contributed by atoms with Gasteiger partial charge in [-0.25, -0.2) is 5.43 Å². The third kappa shape index (κ3) is 7.68. The molecule has 0 heterocycles. The van der Waals surface area contributed by atoms with E-state index < -0.39 is 11.8 Å². The van der Waals surface area contributed by atoms with Gasteiger partial charge in [0, 0.05) is 15.6 Å². The maximum absolute atomic E-state index is 12.8. The molecule has 0 fully saturated rings. The molecule has 178 valence electrons. The number of amides is 2. The van der Waals surface area contributed by atoms with Crippen molar-refractivity contribution in [2.75, 3.05) is 6.61 Å². The Kier molecular flexibility index (Phi) is 9.39. The van der Waals surface area contributed by atoms with Gasteiger partial charge in [-0.2, -0.15) is 5.10 Å². The fourth-order valence-corrected chi connectivity index (χ4v) is 3.41. The van der Waals surface area contributed by atoms with Crippen LogP contribution in [0.4, 0.5) is 0 Å². The van der Waals surface area contributed by atoms with Crippen molar-refractivity contribution in [2.45, 2.75) is 6.92 Å². The van der Waals surface area contributed by atoms with E-state index in [1.165, 1.54) is 12.3 Å². The largest absolute Gasteiger partial charge is 0.504 e. The molecule has 0 aliphatic carbocycles. The zero-order valence-electron chi connectivity index (χ0n) is 18.9. The Morgan fingerprint density at radius 2 is 1.74 bits per heavy atom. The number of hydrogen-bond donors (Lipinski definition) is 3. The monoisotopic (exact) mass is 533 g/mol. The van der Waals surface area contributed by atoms with Gasteiger partial charge in [-0.05, 0) is 42.8 Å². The zero-order chi connectivity index (χ0) is 25.0. The number of hydrazone groups is 1. The molecule has 0 saturated carbocycles. The molecule has 8 heteroatoms. The van der Waals surface area contributed by atoms with Crippen molar-refractivity contribution in [1.29, 1.82) is 0 Å². The van der Waals surface area contributed by atoms with Crippen LogP contribution in [0.2, 0.25) is 0 Å². The number of halogens is 1. The van der Waals surface area contributed by atoms with Gasteiger partial charge in [0.1, 0.15) is 5.70 Å². The lowest BCUT2D eigenvalue weighted by Crippen LogP contribution is -2.32. The van der Waals surface area contributed by atoms with Gasteiger partial charge in [0.25, 0.3) is 11.8 Å². The van der Waals surface area contributed by atoms with Crippen molar-refractivity contribution >= 4 is 40.0 Å². The third-order valence-electron chi connectivity index (χ3n) is 4.62. The molecule has 3 aromatic rings. The number of aromatic hydroxyl groups is 1. The molecule has 0 unspecified atom stereocenters. The van der Waals surface area contributed by atoms with Crippen molar-refractivity contribution in [3.05, 3.63) is 112 Å². The number of allylic oxidation sites excluding steroid dienone is 2. The molecule has 3 aromatic carbocycles. The zero-order valence-corrected chi connectivity index (χ0v) is 20.5. The number of benzene rings is 3. The number of phenolic OH excluding ortho intramolecular Hbond substituents is 1. The van der Waals surface area contributed by atoms with Crippen LogP contribution in [-0.4, -0.2) is 29.7 Å². The second kappa shape index (κ2) is 12.9. The number of ether oxygens (including phenoxy) is 1. The van der Waals surface area contributed by atoms with E-state index in [9.17, 15) is 14.7 Å². The predicted molar refractivity (Wildman–Crippen MR) is 140 cm³/mol. The predicted octanol–water partition coefficient (Wildman–Crippen LogP) is 5.03. The highest BCUT2D eigenvalue weighted by molar-refractivity contribution is 9.10. The molecule has 0 bridgehead atoms. The summed E-state index contributed by atoms with van der Waals surface area (Å²) < 4.78 is 6.07. The maximum atomic E-state index is 12.8. The van der Waals surface area contributed by atoms with Gasteiger partial charge in [0.05, 0.1) is 12.8 Å². The lowest BCUT2D eigenvalue weighted by molar-refractivity contribution is -0.117. The minimum absolute atomic E-state index is 0.00310. The average Bonchev–Trinajstić information content (AvgIpc) is 2.87. The van der Waals surface area contributed by atoms with Crippen LogP contribution >= 0.6 is 15.9 Å². The highest BCUT2D eigenvalue weighted by Crippen LogP contribution is 2.32. The smallest absolute Gasteiger partial charge is 0.287 e. The molecular weight excluding hydrogens is 510 g/mol. The van der Waals surface area contributed by atoms with E-state index in [2.05, 4.69) is 31.8 Å². The van der Waals surface area contributed by atoms with Crippen LogP contribution in [0.15, 0.2) is 100 Å². The molecule has 2 amide bonds.